The van der Waals surface area contributed by atoms with Gasteiger partial charge in [-0.05, 0) is 61.7 Å². The Balaban J connectivity index is 0.000000178. The zero-order valence-electron chi connectivity index (χ0n) is 15.1. The van der Waals surface area contributed by atoms with E-state index in [1.54, 1.807) is 0 Å². The fourth-order valence-corrected chi connectivity index (χ4v) is 6.56. The summed E-state index contributed by atoms with van der Waals surface area (Å²) < 4.78 is 28.5. The molecule has 0 spiro atoms. The highest BCUT2D eigenvalue weighted by atomic mass is 32.2. The number of carbonyl (C=O) groups excluding carboxylic acids is 1. The fraction of sp³-hybridized carbons (Fsp3) is 0.941. The standard InChI is InChI=1S/C12H21N.C5H11NO4S/c1-10-3-9-4-11(2,6-10)8-12(13,5-9)7-10;1-5(7)6-3-2-4-11(8,9)10/h9H,3-8,13H2,1-2H3;2-4H2,1H3,(H,6,7)(H,8,9,10). The Hall–Kier alpha value is -0.660. The molecule has 0 aromatic carbocycles. The third kappa shape index (κ3) is 5.43. The van der Waals surface area contributed by atoms with Crippen LogP contribution in [0.3, 0.4) is 0 Å². The van der Waals surface area contributed by atoms with E-state index in [0.717, 1.165) is 5.92 Å². The Bertz CT molecular complexity index is 539. The first-order valence-corrected chi connectivity index (χ1v) is 10.4. The van der Waals surface area contributed by atoms with Crippen LogP contribution in [0.2, 0.25) is 0 Å². The van der Waals surface area contributed by atoms with Crippen molar-refractivity contribution in [3.8, 4) is 0 Å². The summed E-state index contributed by atoms with van der Waals surface area (Å²) in [5.74, 6) is 0.435. The summed E-state index contributed by atoms with van der Waals surface area (Å²) in [5, 5.41) is 2.40. The number of rotatable bonds is 4. The van der Waals surface area contributed by atoms with Crippen LogP contribution in [0.1, 0.15) is 65.7 Å². The molecule has 0 heterocycles. The molecule has 2 unspecified atom stereocenters. The lowest BCUT2D eigenvalue weighted by atomic mass is 9.43. The van der Waals surface area contributed by atoms with Crippen molar-refractivity contribution in [2.24, 2.45) is 22.5 Å². The SMILES string of the molecule is CC(=O)NCCCS(=O)(=O)O.CC12CC3CC(C)(C1)CC(N)(C3)C2. The molecule has 0 aromatic rings. The van der Waals surface area contributed by atoms with Crippen LogP contribution >= 0.6 is 0 Å². The predicted molar refractivity (Wildman–Crippen MR) is 94.0 cm³/mol. The largest absolute Gasteiger partial charge is 0.356 e. The number of hydrogen-bond donors (Lipinski definition) is 3. The molecule has 4 aliphatic rings. The zero-order chi connectivity index (χ0) is 18.2. The van der Waals surface area contributed by atoms with Gasteiger partial charge in [0.05, 0.1) is 5.75 Å². The summed E-state index contributed by atoms with van der Waals surface area (Å²) in [6.45, 7) is 6.55. The lowest BCUT2D eigenvalue weighted by Gasteiger charge is -2.64. The summed E-state index contributed by atoms with van der Waals surface area (Å²) in [4.78, 5) is 10.2. The molecule has 0 radical (unpaired) electrons. The second-order valence-electron chi connectivity index (χ2n) is 9.11. The second-order valence-corrected chi connectivity index (χ2v) is 10.7. The van der Waals surface area contributed by atoms with E-state index in [1.807, 2.05) is 0 Å². The van der Waals surface area contributed by atoms with Crippen LogP contribution in [0.15, 0.2) is 0 Å². The van der Waals surface area contributed by atoms with Gasteiger partial charge in [-0.25, -0.2) is 0 Å². The van der Waals surface area contributed by atoms with E-state index in [-0.39, 0.29) is 30.2 Å². The molecule has 4 aliphatic carbocycles. The first-order valence-electron chi connectivity index (χ1n) is 8.81. The smallest absolute Gasteiger partial charge is 0.264 e. The summed E-state index contributed by atoms with van der Waals surface area (Å²) in [7, 11) is -3.87. The van der Waals surface area contributed by atoms with Gasteiger partial charge < -0.3 is 11.1 Å². The van der Waals surface area contributed by atoms with Crippen LogP contribution in [0.25, 0.3) is 0 Å². The van der Waals surface area contributed by atoms with Crippen LogP contribution in [0.4, 0.5) is 0 Å². The van der Waals surface area contributed by atoms with E-state index in [2.05, 4.69) is 19.2 Å². The molecule has 4 fully saturated rings. The molecule has 4 rings (SSSR count). The van der Waals surface area contributed by atoms with Crippen LogP contribution in [-0.2, 0) is 14.9 Å². The van der Waals surface area contributed by atoms with Gasteiger partial charge in [0, 0.05) is 19.0 Å². The molecule has 0 aliphatic heterocycles. The van der Waals surface area contributed by atoms with Gasteiger partial charge in [-0.15, -0.1) is 0 Å². The van der Waals surface area contributed by atoms with Gasteiger partial charge in [0.1, 0.15) is 0 Å². The van der Waals surface area contributed by atoms with Crippen molar-refractivity contribution in [2.75, 3.05) is 12.3 Å². The Kier molecular flexibility index (Phi) is 5.39. The summed E-state index contributed by atoms with van der Waals surface area (Å²) >= 11 is 0. The van der Waals surface area contributed by atoms with E-state index < -0.39 is 10.1 Å². The van der Waals surface area contributed by atoms with Crippen LogP contribution in [-0.4, -0.2) is 36.7 Å². The van der Waals surface area contributed by atoms with Crippen molar-refractivity contribution < 1.29 is 17.8 Å². The van der Waals surface area contributed by atoms with Gasteiger partial charge in [-0.3, -0.25) is 9.35 Å². The zero-order valence-corrected chi connectivity index (χ0v) is 15.9. The Labute approximate surface area is 145 Å². The quantitative estimate of drug-likeness (QED) is 0.525. The Morgan fingerprint density at radius 3 is 2.08 bits per heavy atom. The highest BCUT2D eigenvalue weighted by Gasteiger charge is 2.58. The highest BCUT2D eigenvalue weighted by molar-refractivity contribution is 7.85. The minimum atomic E-state index is -3.87. The molecule has 7 heteroatoms. The minimum absolute atomic E-state index is 0.208. The molecule has 0 aromatic heterocycles. The topological polar surface area (TPSA) is 109 Å². The molecule has 4 N–H and O–H groups in total. The Morgan fingerprint density at radius 1 is 1.17 bits per heavy atom. The number of hydrogen-bond acceptors (Lipinski definition) is 4. The molecular formula is C17H32N2O4S. The molecule has 6 nitrogen and oxygen atoms in total. The lowest BCUT2D eigenvalue weighted by Crippen LogP contribution is -2.62. The van der Waals surface area contributed by atoms with Crippen LogP contribution in [0.5, 0.6) is 0 Å². The monoisotopic (exact) mass is 360 g/mol. The summed E-state index contributed by atoms with van der Waals surface area (Å²) in [6.07, 6.45) is 8.51. The fourth-order valence-electron chi connectivity index (χ4n) is 6.06. The van der Waals surface area contributed by atoms with Crippen molar-refractivity contribution in [2.45, 2.75) is 71.3 Å². The number of nitrogens with one attached hydrogen (secondary N) is 1. The van der Waals surface area contributed by atoms with Crippen LogP contribution < -0.4 is 11.1 Å². The lowest BCUT2D eigenvalue weighted by molar-refractivity contribution is -0.118. The third-order valence-corrected chi connectivity index (χ3v) is 6.43. The maximum absolute atomic E-state index is 10.2. The first kappa shape index (κ1) is 19.7. The van der Waals surface area contributed by atoms with Gasteiger partial charge >= 0.3 is 0 Å². The summed E-state index contributed by atoms with van der Waals surface area (Å²) in [5.41, 5.74) is 7.92. The van der Waals surface area contributed by atoms with Crippen molar-refractivity contribution in [3.05, 3.63) is 0 Å². The van der Waals surface area contributed by atoms with Gasteiger partial charge in [-0.2, -0.15) is 8.42 Å². The molecule has 140 valence electrons. The average Bonchev–Trinajstić information content (AvgIpc) is 2.27. The van der Waals surface area contributed by atoms with Crippen LogP contribution in [0, 0.1) is 16.7 Å². The normalized spacial score (nSPS) is 40.0. The van der Waals surface area contributed by atoms with Gasteiger partial charge in [0.25, 0.3) is 10.1 Å². The first-order chi connectivity index (χ1) is 10.8. The van der Waals surface area contributed by atoms with E-state index in [9.17, 15) is 13.2 Å². The average molecular weight is 361 g/mol. The maximum atomic E-state index is 10.2. The van der Waals surface area contributed by atoms with Crippen molar-refractivity contribution in [3.63, 3.8) is 0 Å². The molecular weight excluding hydrogens is 328 g/mol. The van der Waals surface area contributed by atoms with Crippen molar-refractivity contribution in [1.82, 2.24) is 5.32 Å². The van der Waals surface area contributed by atoms with E-state index >= 15 is 0 Å². The van der Waals surface area contributed by atoms with Crippen molar-refractivity contribution in [1.29, 1.82) is 0 Å². The van der Waals surface area contributed by atoms with Gasteiger partial charge in [-0.1, -0.05) is 13.8 Å². The van der Waals surface area contributed by atoms with E-state index in [1.165, 1.54) is 45.4 Å². The van der Waals surface area contributed by atoms with E-state index in [4.69, 9.17) is 10.3 Å². The Morgan fingerprint density at radius 2 is 1.71 bits per heavy atom. The molecule has 1 amide bonds. The molecule has 24 heavy (non-hydrogen) atoms. The third-order valence-electron chi connectivity index (χ3n) is 5.62. The van der Waals surface area contributed by atoms with Gasteiger partial charge in [0.2, 0.25) is 5.91 Å². The summed E-state index contributed by atoms with van der Waals surface area (Å²) in [6, 6.07) is 0. The number of amides is 1. The van der Waals surface area contributed by atoms with Gasteiger partial charge in [0.15, 0.2) is 0 Å². The number of nitrogens with two attached hydrogens (primary N) is 1. The highest BCUT2D eigenvalue weighted by Crippen LogP contribution is 2.65. The molecule has 0 saturated heterocycles. The second kappa shape index (κ2) is 6.57. The molecule has 4 bridgehead atoms. The van der Waals surface area contributed by atoms with E-state index in [0.29, 0.717) is 10.8 Å². The van der Waals surface area contributed by atoms with Crippen molar-refractivity contribution >= 4 is 16.0 Å². The maximum Gasteiger partial charge on any atom is 0.264 e. The number of carbonyl (C=O) groups is 1. The molecule has 4 saturated carbocycles. The molecule has 2 atom stereocenters. The minimum Gasteiger partial charge on any atom is -0.356 e. The predicted octanol–water partition coefficient (Wildman–Crippen LogP) is 2.09.